The standard InChI is InChI=1S/C6HF3/c7-4-1-2-5(8)6(9)3-4/h2H. The van der Waals surface area contributed by atoms with Gasteiger partial charge in [-0.25, -0.2) is 13.2 Å². The quantitative estimate of drug-likeness (QED) is 0.469. The van der Waals surface area contributed by atoms with Gasteiger partial charge >= 0.3 is 0 Å². The summed E-state index contributed by atoms with van der Waals surface area (Å²) in [5.41, 5.74) is 0. The minimum Gasteiger partial charge on any atom is -0.206 e. The van der Waals surface area contributed by atoms with Crippen LogP contribution in [0.15, 0.2) is 6.07 Å². The lowest BCUT2D eigenvalue weighted by molar-refractivity contribution is 0.492. The molecule has 3 heteroatoms. The first-order valence-electron chi connectivity index (χ1n) is 2.14. The molecule has 0 aliphatic carbocycles. The second-order valence-electron chi connectivity index (χ2n) is 1.39. The van der Waals surface area contributed by atoms with Crippen molar-refractivity contribution in [2.75, 3.05) is 0 Å². The van der Waals surface area contributed by atoms with Crippen LogP contribution in [0.1, 0.15) is 0 Å². The van der Waals surface area contributed by atoms with E-state index in [2.05, 4.69) is 0 Å². The maximum Gasteiger partial charge on any atom is 0.169 e. The molecule has 0 aliphatic heterocycles. The Morgan fingerprint density at radius 1 is 1.22 bits per heavy atom. The van der Waals surface area contributed by atoms with Crippen LogP contribution < -0.4 is 0 Å². The van der Waals surface area contributed by atoms with E-state index in [0.717, 1.165) is 0 Å². The first kappa shape index (κ1) is 6.13. The molecular formula is C6HF3. The number of benzene rings is 1. The van der Waals surface area contributed by atoms with Gasteiger partial charge in [-0.05, 0) is 6.07 Å². The van der Waals surface area contributed by atoms with Gasteiger partial charge in [-0.15, -0.1) is 0 Å². The normalized spacial score (nSPS) is 9.67. The molecule has 0 saturated carbocycles. The zero-order chi connectivity index (χ0) is 6.85. The fourth-order valence-electron chi connectivity index (χ4n) is 0.382. The molecule has 0 N–H and O–H groups in total. The van der Waals surface area contributed by atoms with Gasteiger partial charge in [-0.3, -0.25) is 0 Å². The van der Waals surface area contributed by atoms with Crippen molar-refractivity contribution in [1.82, 2.24) is 0 Å². The summed E-state index contributed by atoms with van der Waals surface area (Å²) in [6.07, 6.45) is 0. The monoisotopic (exact) mass is 130 g/mol. The van der Waals surface area contributed by atoms with Gasteiger partial charge in [-0.2, -0.15) is 0 Å². The van der Waals surface area contributed by atoms with Gasteiger partial charge in [0.2, 0.25) is 0 Å². The van der Waals surface area contributed by atoms with Crippen LogP contribution in [0.25, 0.3) is 0 Å². The lowest BCUT2D eigenvalue weighted by Gasteiger charge is -1.87. The minimum absolute atomic E-state index is 0.584. The van der Waals surface area contributed by atoms with Gasteiger partial charge in [0.05, 0.1) is 6.07 Å². The van der Waals surface area contributed by atoms with E-state index in [1.54, 1.807) is 6.07 Å². The highest BCUT2D eigenvalue weighted by Gasteiger charge is 2.01. The van der Waals surface area contributed by atoms with Crippen molar-refractivity contribution in [3.63, 3.8) is 0 Å². The van der Waals surface area contributed by atoms with Crippen LogP contribution in [0.5, 0.6) is 0 Å². The van der Waals surface area contributed by atoms with Crippen LogP contribution in [0.3, 0.4) is 0 Å². The average molecular weight is 130 g/mol. The molecule has 0 nitrogen and oxygen atoms in total. The molecule has 0 heterocycles. The predicted octanol–water partition coefficient (Wildman–Crippen LogP) is 1.70. The van der Waals surface area contributed by atoms with E-state index >= 15 is 0 Å². The fraction of sp³-hybridized carbons (Fsp3) is 0. The van der Waals surface area contributed by atoms with Crippen molar-refractivity contribution in [3.05, 3.63) is 35.7 Å². The zero-order valence-electron chi connectivity index (χ0n) is 4.21. The summed E-state index contributed by atoms with van der Waals surface area (Å²) in [6, 6.07) is 3.86. The van der Waals surface area contributed by atoms with Crippen molar-refractivity contribution < 1.29 is 13.2 Å². The molecule has 1 aromatic carbocycles. The van der Waals surface area contributed by atoms with Crippen LogP contribution in [0, 0.1) is 29.6 Å². The topological polar surface area (TPSA) is 0 Å². The van der Waals surface area contributed by atoms with E-state index in [0.29, 0.717) is 6.07 Å². The molecule has 9 heavy (non-hydrogen) atoms. The van der Waals surface area contributed by atoms with Crippen LogP contribution in [-0.4, -0.2) is 0 Å². The predicted molar refractivity (Wildman–Crippen MR) is 24.0 cm³/mol. The first-order chi connectivity index (χ1) is 4.20. The van der Waals surface area contributed by atoms with Gasteiger partial charge in [0, 0.05) is 6.07 Å². The molecule has 0 saturated heterocycles. The molecule has 2 radical (unpaired) electrons. The number of hydrogen-bond donors (Lipinski definition) is 0. The number of hydrogen-bond acceptors (Lipinski definition) is 0. The Kier molecular flexibility index (Phi) is 1.42. The van der Waals surface area contributed by atoms with E-state index in [1.807, 2.05) is 0 Å². The van der Waals surface area contributed by atoms with E-state index in [-0.39, 0.29) is 0 Å². The summed E-state index contributed by atoms with van der Waals surface area (Å²) < 4.78 is 35.6. The summed E-state index contributed by atoms with van der Waals surface area (Å²) in [4.78, 5) is 0. The maximum absolute atomic E-state index is 11.9. The second kappa shape index (κ2) is 2.09. The van der Waals surface area contributed by atoms with Gasteiger partial charge in [0.1, 0.15) is 5.82 Å². The van der Waals surface area contributed by atoms with Gasteiger partial charge in [-0.1, -0.05) is 0 Å². The summed E-state index contributed by atoms with van der Waals surface area (Å²) in [6.45, 7) is 0. The molecule has 0 aromatic heterocycles. The third kappa shape index (κ3) is 1.22. The largest absolute Gasteiger partial charge is 0.206 e. The Hall–Kier alpha value is -0.990. The average Bonchev–Trinajstić information content (AvgIpc) is 1.80. The van der Waals surface area contributed by atoms with E-state index in [9.17, 15) is 13.2 Å². The SMILES string of the molecule is Fc1[c]cc(F)c(F)[c]1. The molecule has 0 aliphatic rings. The molecule has 0 atom stereocenters. The van der Waals surface area contributed by atoms with E-state index in [4.69, 9.17) is 0 Å². The van der Waals surface area contributed by atoms with Crippen LogP contribution in [-0.2, 0) is 0 Å². The minimum atomic E-state index is -1.31. The van der Waals surface area contributed by atoms with Crippen molar-refractivity contribution in [2.24, 2.45) is 0 Å². The van der Waals surface area contributed by atoms with Crippen molar-refractivity contribution >= 4 is 0 Å². The number of halogens is 3. The van der Waals surface area contributed by atoms with Gasteiger partial charge < -0.3 is 0 Å². The molecule has 0 bridgehead atoms. The Bertz CT molecular complexity index is 220. The zero-order valence-corrected chi connectivity index (χ0v) is 4.21. The lowest BCUT2D eigenvalue weighted by Crippen LogP contribution is -1.84. The Labute approximate surface area is 49.9 Å². The van der Waals surface area contributed by atoms with E-state index in [1.165, 1.54) is 6.07 Å². The molecule has 1 aromatic rings. The van der Waals surface area contributed by atoms with Crippen LogP contribution >= 0.6 is 0 Å². The Balaban J connectivity index is 3.17. The third-order valence-electron chi connectivity index (χ3n) is 0.755. The molecule has 0 amide bonds. The Morgan fingerprint density at radius 2 is 1.89 bits per heavy atom. The smallest absolute Gasteiger partial charge is 0.169 e. The third-order valence-corrected chi connectivity index (χ3v) is 0.755. The molecule has 0 unspecified atom stereocenters. The highest BCUT2D eigenvalue weighted by Crippen LogP contribution is 2.04. The lowest BCUT2D eigenvalue weighted by atomic mass is 10.3. The van der Waals surface area contributed by atoms with E-state index < -0.39 is 17.5 Å². The van der Waals surface area contributed by atoms with Crippen LogP contribution in [0.2, 0.25) is 0 Å². The van der Waals surface area contributed by atoms with Crippen molar-refractivity contribution in [1.29, 1.82) is 0 Å². The molecule has 0 fully saturated rings. The Morgan fingerprint density at radius 3 is 2.33 bits per heavy atom. The maximum atomic E-state index is 11.9. The van der Waals surface area contributed by atoms with Crippen LogP contribution in [0.4, 0.5) is 13.2 Å². The second-order valence-corrected chi connectivity index (χ2v) is 1.39. The molecular weight excluding hydrogens is 129 g/mol. The number of rotatable bonds is 0. The first-order valence-corrected chi connectivity index (χ1v) is 2.14. The summed E-state index contributed by atoms with van der Waals surface area (Å²) >= 11 is 0. The highest BCUT2D eigenvalue weighted by atomic mass is 19.2. The van der Waals surface area contributed by atoms with Crippen molar-refractivity contribution in [2.45, 2.75) is 0 Å². The molecule has 0 spiro atoms. The summed E-state index contributed by atoms with van der Waals surface area (Å²) in [5.74, 6) is -3.48. The highest BCUT2D eigenvalue weighted by molar-refractivity contribution is 5.04. The van der Waals surface area contributed by atoms with Gasteiger partial charge in [0.15, 0.2) is 11.6 Å². The molecule has 1 rings (SSSR count). The van der Waals surface area contributed by atoms with Crippen molar-refractivity contribution in [3.8, 4) is 0 Å². The fourth-order valence-corrected chi connectivity index (χ4v) is 0.382. The summed E-state index contributed by atoms with van der Waals surface area (Å²) in [7, 11) is 0. The van der Waals surface area contributed by atoms with Gasteiger partial charge in [0.25, 0.3) is 0 Å². The molecule has 46 valence electrons. The summed E-state index contributed by atoms with van der Waals surface area (Å²) in [5, 5.41) is 0.